The van der Waals surface area contributed by atoms with Gasteiger partial charge >= 0.3 is 7.60 Å². The molecule has 0 amide bonds. The van der Waals surface area contributed by atoms with Gasteiger partial charge < -0.3 is 39.7 Å². The first-order chi connectivity index (χ1) is 18.8. The summed E-state index contributed by atoms with van der Waals surface area (Å²) < 4.78 is 35.9. The molecule has 0 aliphatic carbocycles. The number of rotatable bonds is 9. The summed E-state index contributed by atoms with van der Waals surface area (Å²) >= 11 is 6.21. The molecule has 5 unspecified atom stereocenters. The Morgan fingerprint density at radius 1 is 1.12 bits per heavy atom. The minimum Gasteiger partial charge on any atom is -0.496 e. The van der Waals surface area contributed by atoms with Crippen LogP contribution in [-0.4, -0.2) is 81.9 Å². The minimum atomic E-state index is -4.72. The number of aromatic nitrogens is 4. The van der Waals surface area contributed by atoms with E-state index in [4.69, 9.17) is 30.9 Å². The lowest BCUT2D eigenvalue weighted by molar-refractivity contribution is -0.0354. The molecule has 1 aliphatic rings. The first-order valence-electron chi connectivity index (χ1n) is 12.0. The van der Waals surface area contributed by atoms with E-state index in [1.54, 1.807) is 7.11 Å². The molecular formula is C23H26ClN5O9P2. The summed E-state index contributed by atoms with van der Waals surface area (Å²) in [5.74, 6) is -0.176. The lowest BCUT2D eigenvalue weighted by atomic mass is 10.1. The maximum absolute atomic E-state index is 12.2. The van der Waals surface area contributed by atoms with Gasteiger partial charge in [0, 0.05) is 17.2 Å². The number of imidazole rings is 1. The second-order valence-corrected chi connectivity index (χ2v) is 14.3. The summed E-state index contributed by atoms with van der Waals surface area (Å²) in [5, 5.41) is 26.1. The number of hydrogen-bond donors (Lipinski definition) is 6. The van der Waals surface area contributed by atoms with E-state index in [-0.39, 0.29) is 23.2 Å². The Morgan fingerprint density at radius 2 is 1.90 bits per heavy atom. The molecule has 14 nitrogen and oxygen atoms in total. The fourth-order valence-electron chi connectivity index (χ4n) is 4.69. The van der Waals surface area contributed by atoms with Gasteiger partial charge in [-0.25, -0.2) is 4.98 Å². The van der Waals surface area contributed by atoms with Crippen molar-refractivity contribution in [2.45, 2.75) is 31.0 Å². The average Bonchev–Trinajstić information content (AvgIpc) is 3.41. The molecule has 0 radical (unpaired) electrons. The molecule has 5 rings (SSSR count). The summed E-state index contributed by atoms with van der Waals surface area (Å²) in [6.07, 6.45) is -4.63. The minimum absolute atomic E-state index is 0.123. The summed E-state index contributed by atoms with van der Waals surface area (Å²) in [5.41, 5.74) is 1.17. The molecule has 17 heteroatoms. The molecule has 0 bridgehead atoms. The van der Waals surface area contributed by atoms with E-state index >= 15 is 0 Å². The second-order valence-electron chi connectivity index (χ2n) is 9.40. The molecule has 2 aromatic heterocycles. The fraction of sp³-hybridized carbons (Fsp3) is 0.348. The van der Waals surface area contributed by atoms with Crippen molar-refractivity contribution in [2.75, 3.05) is 24.5 Å². The highest BCUT2D eigenvalue weighted by molar-refractivity contribution is 7.72. The zero-order chi connectivity index (χ0) is 28.8. The number of benzene rings is 2. The fourth-order valence-corrected chi connectivity index (χ4v) is 8.39. The second kappa shape index (κ2) is 11.0. The third kappa shape index (κ3) is 6.01. The van der Waals surface area contributed by atoms with E-state index in [9.17, 15) is 24.2 Å². The van der Waals surface area contributed by atoms with Crippen LogP contribution in [-0.2, 0) is 13.9 Å². The average molecular weight is 614 g/mol. The predicted molar refractivity (Wildman–Crippen MR) is 146 cm³/mol. The standard InChI is InChI=1S/C23H26ClN5O9P2/c1-37-15-4-2-3-12-9-13(5-6-14(12)15)26-20-17-21(28-23(24)27-20)29(10-25-17)22-19(31)18(30)16(38-22)7-8-39(32,33)11-40(34,35)36/h2-6,9-10,16,18-19,22,30-31H,7-8,11H2,1H3,(H,32,33)(H,26,27,28)(H2,34,35,36). The van der Waals surface area contributed by atoms with Gasteiger partial charge in [-0.15, -0.1) is 0 Å². The number of aliphatic hydroxyl groups excluding tert-OH is 2. The number of nitrogens with one attached hydrogen (secondary N) is 1. The highest BCUT2D eigenvalue weighted by Crippen LogP contribution is 2.55. The number of hydrogen-bond acceptors (Lipinski definition) is 10. The van der Waals surface area contributed by atoms with Gasteiger partial charge in [-0.1, -0.05) is 12.1 Å². The van der Waals surface area contributed by atoms with Gasteiger partial charge in [-0.3, -0.25) is 13.7 Å². The normalized spacial score (nSPS) is 23.0. The van der Waals surface area contributed by atoms with Gasteiger partial charge in [0.05, 0.1) is 19.5 Å². The van der Waals surface area contributed by atoms with Crippen LogP contribution in [0.25, 0.3) is 21.9 Å². The molecule has 6 N–H and O–H groups in total. The van der Waals surface area contributed by atoms with Crippen molar-refractivity contribution in [1.29, 1.82) is 0 Å². The molecule has 4 aromatic rings. The SMILES string of the molecule is COc1cccc2cc(Nc3nc(Cl)nc4c3ncn4C3OC(CCP(=O)(O)CP(=O)(O)O)C(O)C3O)ccc12. The predicted octanol–water partition coefficient (Wildman–Crippen LogP) is 2.80. The molecule has 214 valence electrons. The summed E-state index contributed by atoms with van der Waals surface area (Å²) in [7, 11) is -7.33. The lowest BCUT2D eigenvalue weighted by Crippen LogP contribution is -2.32. The van der Waals surface area contributed by atoms with Gasteiger partial charge in [-0.05, 0) is 47.7 Å². The molecule has 1 saturated heterocycles. The number of nitrogens with zero attached hydrogens (tertiary/aromatic N) is 4. The van der Waals surface area contributed by atoms with Crippen molar-refractivity contribution < 1.29 is 43.5 Å². The van der Waals surface area contributed by atoms with Crippen LogP contribution in [0.1, 0.15) is 12.6 Å². The van der Waals surface area contributed by atoms with E-state index in [0.717, 1.165) is 16.5 Å². The Labute approximate surface area is 232 Å². The highest BCUT2D eigenvalue weighted by atomic mass is 35.5. The zero-order valence-electron chi connectivity index (χ0n) is 20.9. The number of anilines is 2. The number of methoxy groups -OCH3 is 1. The molecule has 0 saturated carbocycles. The van der Waals surface area contributed by atoms with Crippen molar-refractivity contribution in [3.8, 4) is 5.75 Å². The number of aliphatic hydroxyl groups is 2. The van der Waals surface area contributed by atoms with Gasteiger partial charge in [0.1, 0.15) is 23.9 Å². The lowest BCUT2D eigenvalue weighted by Gasteiger charge is -2.18. The summed E-state index contributed by atoms with van der Waals surface area (Å²) in [6, 6.07) is 11.3. The third-order valence-electron chi connectivity index (χ3n) is 6.50. The van der Waals surface area contributed by atoms with E-state index in [1.807, 2.05) is 36.4 Å². The van der Waals surface area contributed by atoms with E-state index in [2.05, 4.69) is 20.3 Å². The third-order valence-corrected chi connectivity index (χ3v) is 10.9. The largest absolute Gasteiger partial charge is 0.496 e. The summed E-state index contributed by atoms with van der Waals surface area (Å²) in [6.45, 7) is 0. The van der Waals surface area contributed by atoms with Crippen LogP contribution in [0.2, 0.25) is 5.28 Å². The van der Waals surface area contributed by atoms with Crippen molar-refractivity contribution in [2.24, 2.45) is 0 Å². The maximum atomic E-state index is 12.2. The van der Waals surface area contributed by atoms with Crippen LogP contribution >= 0.6 is 26.6 Å². The molecule has 1 fully saturated rings. The number of halogens is 1. The van der Waals surface area contributed by atoms with Gasteiger partial charge in [0.15, 0.2) is 23.2 Å². The van der Waals surface area contributed by atoms with Gasteiger partial charge in [0.2, 0.25) is 12.7 Å². The van der Waals surface area contributed by atoms with Crippen LogP contribution < -0.4 is 10.1 Å². The first kappa shape index (κ1) is 28.9. The summed E-state index contributed by atoms with van der Waals surface area (Å²) in [4.78, 5) is 40.8. The molecular weight excluding hydrogens is 588 g/mol. The van der Waals surface area contributed by atoms with Crippen LogP contribution in [0.3, 0.4) is 0 Å². The van der Waals surface area contributed by atoms with Crippen molar-refractivity contribution in [1.82, 2.24) is 19.5 Å². The zero-order valence-corrected chi connectivity index (χ0v) is 23.4. The molecule has 2 aromatic carbocycles. The molecule has 3 heterocycles. The topological polar surface area (TPSA) is 209 Å². The van der Waals surface area contributed by atoms with E-state index in [1.165, 1.54) is 10.9 Å². The van der Waals surface area contributed by atoms with Crippen molar-refractivity contribution in [3.05, 3.63) is 48.0 Å². The van der Waals surface area contributed by atoms with Crippen LogP contribution in [0.15, 0.2) is 42.7 Å². The molecule has 40 heavy (non-hydrogen) atoms. The molecule has 5 atom stereocenters. The van der Waals surface area contributed by atoms with Crippen LogP contribution in [0, 0.1) is 0 Å². The first-order valence-corrected chi connectivity index (χ1v) is 16.2. The molecule has 1 aliphatic heterocycles. The Bertz CT molecular complexity index is 1660. The Balaban J connectivity index is 1.39. The Kier molecular flexibility index (Phi) is 7.92. The number of fused-ring (bicyclic) bond motifs is 2. The van der Waals surface area contributed by atoms with E-state index < -0.39 is 51.6 Å². The van der Waals surface area contributed by atoms with E-state index in [0.29, 0.717) is 11.2 Å². The Morgan fingerprint density at radius 3 is 2.62 bits per heavy atom. The smallest absolute Gasteiger partial charge is 0.335 e. The Hall–Kier alpha value is -2.64. The van der Waals surface area contributed by atoms with Crippen molar-refractivity contribution >= 4 is 60.0 Å². The van der Waals surface area contributed by atoms with Gasteiger partial charge in [-0.2, -0.15) is 9.97 Å². The van der Waals surface area contributed by atoms with Crippen LogP contribution in [0.4, 0.5) is 11.5 Å². The highest BCUT2D eigenvalue weighted by Gasteiger charge is 2.45. The van der Waals surface area contributed by atoms with Crippen molar-refractivity contribution in [3.63, 3.8) is 0 Å². The maximum Gasteiger partial charge on any atom is 0.335 e. The molecule has 0 spiro atoms. The quantitative estimate of drug-likeness (QED) is 0.119. The van der Waals surface area contributed by atoms with Crippen LogP contribution in [0.5, 0.6) is 5.75 Å². The van der Waals surface area contributed by atoms with Gasteiger partial charge in [0.25, 0.3) is 0 Å². The monoisotopic (exact) mass is 613 g/mol. The number of ether oxygens (including phenoxy) is 2.